The molecule has 3 aromatic rings. The molecule has 3 N–H and O–H groups in total. The van der Waals surface area contributed by atoms with Crippen molar-refractivity contribution in [3.63, 3.8) is 0 Å². The second-order valence-corrected chi connectivity index (χ2v) is 8.18. The molecule has 0 aliphatic rings. The Morgan fingerprint density at radius 2 is 1.83 bits per heavy atom. The number of carbonyl (C=O) groups excluding carboxylic acids is 2. The van der Waals surface area contributed by atoms with Crippen molar-refractivity contribution in [3.8, 4) is 0 Å². The van der Waals surface area contributed by atoms with Gasteiger partial charge in [-0.25, -0.2) is 0 Å². The maximum absolute atomic E-state index is 13.1. The summed E-state index contributed by atoms with van der Waals surface area (Å²) in [5.74, 6) is -2.37. The van der Waals surface area contributed by atoms with Gasteiger partial charge >= 0.3 is 7.12 Å². The zero-order valence-electron chi connectivity index (χ0n) is 16.1. The van der Waals surface area contributed by atoms with E-state index >= 15 is 0 Å². The molecule has 0 bridgehead atoms. The SMILES string of the molecule is O=C(CC(C(=O)N[C@@H](Cc1ccsc1)B(O)O)c1cccc(Cl)c1)c1ccccc1. The summed E-state index contributed by atoms with van der Waals surface area (Å²) in [6.07, 6.45) is 0.199. The van der Waals surface area contributed by atoms with Gasteiger partial charge in [-0.05, 0) is 46.5 Å². The van der Waals surface area contributed by atoms with Gasteiger partial charge in [0.25, 0.3) is 0 Å². The lowest BCUT2D eigenvalue weighted by atomic mass is 9.75. The number of nitrogens with one attached hydrogen (secondary N) is 1. The predicted octanol–water partition coefficient (Wildman–Crippen LogP) is 3.50. The highest BCUT2D eigenvalue weighted by molar-refractivity contribution is 7.07. The highest BCUT2D eigenvalue weighted by Crippen LogP contribution is 2.25. The molecule has 2 atom stereocenters. The summed E-state index contributed by atoms with van der Waals surface area (Å²) in [5, 5.41) is 26.5. The van der Waals surface area contributed by atoms with Crippen molar-refractivity contribution >= 4 is 41.7 Å². The molecule has 154 valence electrons. The summed E-state index contributed by atoms with van der Waals surface area (Å²) in [7, 11) is -1.74. The van der Waals surface area contributed by atoms with Crippen LogP contribution in [0.1, 0.15) is 33.8 Å². The molecule has 1 aromatic heterocycles. The summed E-state index contributed by atoms with van der Waals surface area (Å²) < 4.78 is 0. The Hall–Kier alpha value is -2.45. The van der Waals surface area contributed by atoms with Crippen LogP contribution in [0.15, 0.2) is 71.4 Å². The van der Waals surface area contributed by atoms with E-state index in [9.17, 15) is 19.6 Å². The molecule has 0 aliphatic carbocycles. The van der Waals surface area contributed by atoms with Crippen LogP contribution in [0, 0.1) is 0 Å². The van der Waals surface area contributed by atoms with E-state index in [2.05, 4.69) is 5.32 Å². The third-order valence-corrected chi connectivity index (χ3v) is 5.74. The number of hydrogen-bond donors (Lipinski definition) is 3. The smallest absolute Gasteiger partial charge is 0.426 e. The molecule has 0 aliphatic heterocycles. The zero-order valence-corrected chi connectivity index (χ0v) is 17.6. The maximum Gasteiger partial charge on any atom is 0.475 e. The van der Waals surface area contributed by atoms with Crippen LogP contribution in [-0.2, 0) is 11.2 Å². The molecular formula is C22H21BClNO4S. The summed E-state index contributed by atoms with van der Waals surface area (Å²) in [5.41, 5.74) is 1.98. The number of carbonyl (C=O) groups is 2. The van der Waals surface area contributed by atoms with Gasteiger partial charge in [0.15, 0.2) is 5.78 Å². The Labute approximate surface area is 184 Å². The molecule has 0 radical (unpaired) electrons. The fraction of sp³-hybridized carbons (Fsp3) is 0.182. The number of ketones is 1. The number of amides is 1. The monoisotopic (exact) mass is 441 g/mol. The number of Topliss-reactive ketones (excluding diaryl/α,β-unsaturated/α-hetero) is 1. The number of rotatable bonds is 9. The van der Waals surface area contributed by atoms with Crippen LogP contribution in [0.25, 0.3) is 0 Å². The molecule has 30 heavy (non-hydrogen) atoms. The van der Waals surface area contributed by atoms with Crippen molar-refractivity contribution < 1.29 is 19.6 Å². The first-order chi connectivity index (χ1) is 14.4. The van der Waals surface area contributed by atoms with Gasteiger partial charge in [0, 0.05) is 17.0 Å². The lowest BCUT2D eigenvalue weighted by Gasteiger charge is -2.22. The van der Waals surface area contributed by atoms with Gasteiger partial charge in [-0.2, -0.15) is 11.3 Å². The van der Waals surface area contributed by atoms with Crippen molar-refractivity contribution in [1.29, 1.82) is 0 Å². The molecule has 1 amide bonds. The fourth-order valence-electron chi connectivity index (χ4n) is 3.19. The van der Waals surface area contributed by atoms with Gasteiger partial charge in [-0.3, -0.25) is 9.59 Å². The lowest BCUT2D eigenvalue weighted by Crippen LogP contribution is -2.49. The lowest BCUT2D eigenvalue weighted by molar-refractivity contribution is -0.123. The second-order valence-electron chi connectivity index (χ2n) is 6.97. The summed E-state index contributed by atoms with van der Waals surface area (Å²) in [6, 6.07) is 17.4. The highest BCUT2D eigenvalue weighted by Gasteiger charge is 2.31. The first kappa shape index (κ1) is 22.2. The Balaban J connectivity index is 1.82. The number of halogens is 1. The number of thiophene rings is 1. The van der Waals surface area contributed by atoms with Gasteiger partial charge < -0.3 is 15.4 Å². The van der Waals surface area contributed by atoms with E-state index in [0.717, 1.165) is 5.56 Å². The van der Waals surface area contributed by atoms with E-state index in [1.54, 1.807) is 48.5 Å². The largest absolute Gasteiger partial charge is 0.475 e. The van der Waals surface area contributed by atoms with E-state index in [1.807, 2.05) is 22.9 Å². The molecule has 8 heteroatoms. The molecule has 0 fully saturated rings. The molecule has 1 heterocycles. The van der Waals surface area contributed by atoms with Crippen LogP contribution in [0.4, 0.5) is 0 Å². The minimum atomic E-state index is -1.74. The van der Waals surface area contributed by atoms with Crippen LogP contribution in [0.3, 0.4) is 0 Å². The maximum atomic E-state index is 13.1. The van der Waals surface area contributed by atoms with Crippen LogP contribution in [0.2, 0.25) is 5.02 Å². The Bertz CT molecular complexity index is 982. The molecule has 0 saturated carbocycles. The third-order valence-electron chi connectivity index (χ3n) is 4.78. The van der Waals surface area contributed by atoms with Crippen molar-refractivity contribution in [1.82, 2.24) is 5.32 Å². The summed E-state index contributed by atoms with van der Waals surface area (Å²) in [6.45, 7) is 0. The van der Waals surface area contributed by atoms with Crippen LogP contribution in [-0.4, -0.2) is 34.8 Å². The molecule has 3 rings (SSSR count). The molecule has 1 unspecified atom stereocenters. The van der Waals surface area contributed by atoms with Gasteiger partial charge in [0.1, 0.15) is 0 Å². The standard InChI is InChI=1S/C22H21BClNO4S/c24-18-8-4-7-17(12-18)19(13-20(26)16-5-2-1-3-6-16)22(27)25-21(23(28)29)11-15-9-10-30-14-15/h1-10,12,14,19,21,28-29H,11,13H2,(H,25,27)/t19?,21-/m0/s1. The van der Waals surface area contributed by atoms with Crippen molar-refractivity contribution in [2.75, 3.05) is 0 Å². The molecule has 0 saturated heterocycles. The average Bonchev–Trinajstić information content (AvgIpc) is 3.25. The summed E-state index contributed by atoms with van der Waals surface area (Å²) >= 11 is 7.59. The predicted molar refractivity (Wildman–Crippen MR) is 120 cm³/mol. The first-order valence-electron chi connectivity index (χ1n) is 9.45. The topological polar surface area (TPSA) is 86.6 Å². The van der Waals surface area contributed by atoms with Gasteiger partial charge in [0.2, 0.25) is 5.91 Å². The second kappa shape index (κ2) is 10.5. The molecule has 5 nitrogen and oxygen atoms in total. The minimum Gasteiger partial charge on any atom is -0.426 e. The molecular weight excluding hydrogens is 421 g/mol. The molecule has 0 spiro atoms. The van der Waals surface area contributed by atoms with E-state index in [0.29, 0.717) is 16.1 Å². The van der Waals surface area contributed by atoms with E-state index in [-0.39, 0.29) is 18.6 Å². The van der Waals surface area contributed by atoms with Crippen molar-refractivity contribution in [2.45, 2.75) is 24.7 Å². The zero-order chi connectivity index (χ0) is 21.5. The third kappa shape index (κ3) is 6.03. The molecule has 2 aromatic carbocycles. The quantitative estimate of drug-likeness (QED) is 0.350. The van der Waals surface area contributed by atoms with Gasteiger partial charge in [-0.1, -0.05) is 54.1 Å². The van der Waals surface area contributed by atoms with Gasteiger partial charge in [0.05, 0.1) is 11.9 Å². The van der Waals surface area contributed by atoms with E-state index in [1.165, 1.54) is 11.3 Å². The number of benzene rings is 2. The highest BCUT2D eigenvalue weighted by atomic mass is 35.5. The van der Waals surface area contributed by atoms with Crippen molar-refractivity contribution in [3.05, 3.63) is 93.1 Å². The van der Waals surface area contributed by atoms with Crippen molar-refractivity contribution in [2.24, 2.45) is 0 Å². The summed E-state index contributed by atoms with van der Waals surface area (Å²) in [4.78, 5) is 25.9. The van der Waals surface area contributed by atoms with E-state index < -0.39 is 24.9 Å². The van der Waals surface area contributed by atoms with E-state index in [4.69, 9.17) is 11.6 Å². The number of hydrogen-bond acceptors (Lipinski definition) is 5. The fourth-order valence-corrected chi connectivity index (χ4v) is 4.07. The van der Waals surface area contributed by atoms with Crippen LogP contribution >= 0.6 is 22.9 Å². The normalized spacial score (nSPS) is 12.8. The van der Waals surface area contributed by atoms with Gasteiger partial charge in [-0.15, -0.1) is 0 Å². The Kier molecular flexibility index (Phi) is 7.82. The average molecular weight is 442 g/mol. The first-order valence-corrected chi connectivity index (χ1v) is 10.8. The Morgan fingerprint density at radius 1 is 1.07 bits per heavy atom. The van der Waals surface area contributed by atoms with Crippen LogP contribution < -0.4 is 5.32 Å². The van der Waals surface area contributed by atoms with Crippen LogP contribution in [0.5, 0.6) is 0 Å². The minimum absolute atomic E-state index is 0.0666. The Morgan fingerprint density at radius 3 is 2.47 bits per heavy atom.